The van der Waals surface area contributed by atoms with E-state index in [-0.39, 0.29) is 24.0 Å². The summed E-state index contributed by atoms with van der Waals surface area (Å²) in [5.74, 6) is 0.801. The Kier molecular flexibility index (Phi) is 4.65. The van der Waals surface area contributed by atoms with Crippen LogP contribution in [0.2, 0.25) is 0 Å². The minimum atomic E-state index is -0.266. The number of rotatable bonds is 4. The van der Waals surface area contributed by atoms with Crippen molar-refractivity contribution in [2.75, 3.05) is 20.2 Å². The quantitative estimate of drug-likeness (QED) is 0.691. The smallest absolute Gasteiger partial charge is 0.238 e. The van der Waals surface area contributed by atoms with Crippen LogP contribution >= 0.6 is 0 Å². The van der Waals surface area contributed by atoms with E-state index in [4.69, 9.17) is 10.00 Å². The predicted molar refractivity (Wildman–Crippen MR) is 84.1 cm³/mol. The van der Waals surface area contributed by atoms with Gasteiger partial charge in [0.1, 0.15) is 11.8 Å². The fourth-order valence-corrected chi connectivity index (χ4v) is 3.05. The number of methoxy groups -OCH3 is 1. The van der Waals surface area contributed by atoms with E-state index >= 15 is 0 Å². The van der Waals surface area contributed by atoms with Crippen molar-refractivity contribution in [3.8, 4) is 11.9 Å². The van der Waals surface area contributed by atoms with Crippen LogP contribution in [0, 0.1) is 11.5 Å². The molecule has 2 saturated heterocycles. The third kappa shape index (κ3) is 3.55. The first kappa shape index (κ1) is 15.6. The van der Waals surface area contributed by atoms with Crippen molar-refractivity contribution in [1.29, 1.82) is 5.26 Å². The molecule has 1 amide bonds. The lowest BCUT2D eigenvalue weighted by Gasteiger charge is -2.15. The minimum Gasteiger partial charge on any atom is -0.497 e. The van der Waals surface area contributed by atoms with E-state index in [2.05, 4.69) is 22.4 Å². The SMILES string of the molecule is COc1ccc(C2CC(C(=O)NC3CCN(C#N)C3)NN2)cc1. The molecule has 0 saturated carbocycles. The second-order valence-corrected chi connectivity index (χ2v) is 5.94. The normalized spacial score (nSPS) is 26.8. The van der Waals surface area contributed by atoms with E-state index in [9.17, 15) is 4.79 Å². The predicted octanol–water partition coefficient (Wildman–Crippen LogP) is 0.274. The number of benzene rings is 1. The van der Waals surface area contributed by atoms with Crippen LogP contribution in [0.4, 0.5) is 0 Å². The Morgan fingerprint density at radius 2 is 2.17 bits per heavy atom. The lowest BCUT2D eigenvalue weighted by Crippen LogP contribution is -2.47. The van der Waals surface area contributed by atoms with Crippen LogP contribution in [0.3, 0.4) is 0 Å². The first-order valence-electron chi connectivity index (χ1n) is 7.79. The molecule has 3 atom stereocenters. The van der Waals surface area contributed by atoms with Gasteiger partial charge in [0, 0.05) is 25.2 Å². The topological polar surface area (TPSA) is 89.4 Å². The molecule has 7 heteroatoms. The van der Waals surface area contributed by atoms with Crippen molar-refractivity contribution < 1.29 is 9.53 Å². The van der Waals surface area contributed by atoms with Crippen LogP contribution in [0.15, 0.2) is 24.3 Å². The van der Waals surface area contributed by atoms with Crippen LogP contribution in [0.1, 0.15) is 24.4 Å². The van der Waals surface area contributed by atoms with E-state index < -0.39 is 0 Å². The summed E-state index contributed by atoms with van der Waals surface area (Å²) in [7, 11) is 1.64. The van der Waals surface area contributed by atoms with Gasteiger partial charge in [0.25, 0.3) is 0 Å². The zero-order chi connectivity index (χ0) is 16.2. The summed E-state index contributed by atoms with van der Waals surface area (Å²) in [6.45, 7) is 1.32. The molecule has 0 radical (unpaired) electrons. The van der Waals surface area contributed by atoms with Crippen LogP contribution < -0.4 is 20.9 Å². The molecular formula is C16H21N5O2. The third-order valence-corrected chi connectivity index (χ3v) is 4.41. The first-order chi connectivity index (χ1) is 11.2. The maximum Gasteiger partial charge on any atom is 0.238 e. The number of hydrogen-bond acceptors (Lipinski definition) is 6. The van der Waals surface area contributed by atoms with Gasteiger partial charge in [0.05, 0.1) is 7.11 Å². The molecule has 1 aromatic carbocycles. The Morgan fingerprint density at radius 3 is 2.83 bits per heavy atom. The highest BCUT2D eigenvalue weighted by Crippen LogP contribution is 2.24. The second-order valence-electron chi connectivity index (χ2n) is 5.94. The molecule has 3 N–H and O–H groups in total. The van der Waals surface area contributed by atoms with Crippen molar-refractivity contribution in [3.63, 3.8) is 0 Å². The Balaban J connectivity index is 1.52. The highest BCUT2D eigenvalue weighted by molar-refractivity contribution is 5.82. The van der Waals surface area contributed by atoms with Gasteiger partial charge in [-0.3, -0.25) is 4.79 Å². The number of ether oxygens (including phenoxy) is 1. The highest BCUT2D eigenvalue weighted by atomic mass is 16.5. The van der Waals surface area contributed by atoms with E-state index in [0.29, 0.717) is 19.5 Å². The summed E-state index contributed by atoms with van der Waals surface area (Å²) in [5.41, 5.74) is 7.35. The van der Waals surface area contributed by atoms with Gasteiger partial charge in [-0.15, -0.1) is 0 Å². The monoisotopic (exact) mass is 315 g/mol. The van der Waals surface area contributed by atoms with E-state index in [1.807, 2.05) is 24.3 Å². The summed E-state index contributed by atoms with van der Waals surface area (Å²) >= 11 is 0. The van der Waals surface area contributed by atoms with Gasteiger partial charge in [-0.1, -0.05) is 12.1 Å². The molecule has 2 heterocycles. The Labute approximate surface area is 135 Å². The largest absolute Gasteiger partial charge is 0.497 e. The Bertz CT molecular complexity index is 597. The molecule has 2 fully saturated rings. The van der Waals surface area contributed by atoms with Crippen molar-refractivity contribution in [2.45, 2.75) is 31.0 Å². The molecule has 1 aromatic rings. The van der Waals surface area contributed by atoms with Crippen molar-refractivity contribution in [3.05, 3.63) is 29.8 Å². The maximum atomic E-state index is 12.3. The molecule has 2 aliphatic rings. The number of nitriles is 1. The van der Waals surface area contributed by atoms with E-state index in [0.717, 1.165) is 17.7 Å². The average Bonchev–Trinajstić information content (AvgIpc) is 3.24. The molecule has 7 nitrogen and oxygen atoms in total. The zero-order valence-electron chi connectivity index (χ0n) is 13.1. The van der Waals surface area contributed by atoms with E-state index in [1.54, 1.807) is 12.0 Å². The molecule has 3 unspecified atom stereocenters. The van der Waals surface area contributed by atoms with Gasteiger partial charge in [-0.2, -0.15) is 5.26 Å². The first-order valence-corrected chi connectivity index (χ1v) is 7.79. The second kappa shape index (κ2) is 6.86. The van der Waals surface area contributed by atoms with Gasteiger partial charge in [0.2, 0.25) is 5.91 Å². The number of amides is 1. The summed E-state index contributed by atoms with van der Waals surface area (Å²) in [6.07, 6.45) is 3.63. The molecule has 122 valence electrons. The van der Waals surface area contributed by atoms with Gasteiger partial charge in [0.15, 0.2) is 6.19 Å². The number of hydrogen-bond donors (Lipinski definition) is 3. The lowest BCUT2D eigenvalue weighted by atomic mass is 10.0. The van der Waals surface area contributed by atoms with Crippen molar-refractivity contribution in [2.24, 2.45) is 0 Å². The van der Waals surface area contributed by atoms with Gasteiger partial charge < -0.3 is 15.0 Å². The number of hydrazine groups is 1. The fraction of sp³-hybridized carbons (Fsp3) is 0.500. The lowest BCUT2D eigenvalue weighted by molar-refractivity contribution is -0.123. The van der Waals surface area contributed by atoms with Gasteiger partial charge in [-0.05, 0) is 30.5 Å². The number of carbonyl (C=O) groups excluding carboxylic acids is 1. The molecule has 23 heavy (non-hydrogen) atoms. The maximum absolute atomic E-state index is 12.3. The van der Waals surface area contributed by atoms with Crippen LogP contribution in [-0.4, -0.2) is 43.1 Å². The van der Waals surface area contributed by atoms with Crippen molar-refractivity contribution >= 4 is 5.91 Å². The summed E-state index contributed by atoms with van der Waals surface area (Å²) < 4.78 is 5.16. The number of nitrogens with zero attached hydrogens (tertiary/aromatic N) is 2. The van der Waals surface area contributed by atoms with Crippen LogP contribution in [0.5, 0.6) is 5.75 Å². The number of nitrogens with one attached hydrogen (secondary N) is 3. The number of carbonyl (C=O) groups is 1. The molecule has 0 aliphatic carbocycles. The van der Waals surface area contributed by atoms with Crippen LogP contribution in [-0.2, 0) is 4.79 Å². The average molecular weight is 315 g/mol. The van der Waals surface area contributed by atoms with Gasteiger partial charge >= 0.3 is 0 Å². The van der Waals surface area contributed by atoms with Crippen LogP contribution in [0.25, 0.3) is 0 Å². The molecule has 0 aromatic heterocycles. The molecule has 3 rings (SSSR count). The summed E-state index contributed by atoms with van der Waals surface area (Å²) in [5, 5.41) is 11.9. The fourth-order valence-electron chi connectivity index (χ4n) is 3.05. The van der Waals surface area contributed by atoms with Crippen molar-refractivity contribution in [1.82, 2.24) is 21.1 Å². The summed E-state index contributed by atoms with van der Waals surface area (Å²) in [6, 6.07) is 7.72. The van der Waals surface area contributed by atoms with Gasteiger partial charge in [-0.25, -0.2) is 10.9 Å². The summed E-state index contributed by atoms with van der Waals surface area (Å²) in [4.78, 5) is 14.0. The minimum absolute atomic E-state index is 0.0155. The third-order valence-electron chi connectivity index (χ3n) is 4.41. The van der Waals surface area contributed by atoms with E-state index in [1.165, 1.54) is 0 Å². The Hall–Kier alpha value is -2.30. The molecular weight excluding hydrogens is 294 g/mol. The standard InChI is InChI=1S/C16H21N5O2/c1-23-13-4-2-11(3-5-13)14-8-15(20-19-14)16(22)18-12-6-7-21(9-12)10-17/h2-5,12,14-15,19-20H,6-9H2,1H3,(H,18,22). The number of likely N-dealkylation sites (tertiary alicyclic amines) is 1. The zero-order valence-corrected chi connectivity index (χ0v) is 13.1. The molecule has 0 bridgehead atoms. The highest BCUT2D eigenvalue weighted by Gasteiger charge is 2.32. The Morgan fingerprint density at radius 1 is 1.39 bits per heavy atom. The molecule has 2 aliphatic heterocycles. The molecule has 0 spiro atoms.